The number of anilines is 1. The van der Waals surface area contributed by atoms with Crippen molar-refractivity contribution in [2.45, 2.75) is 19.9 Å². The number of thiophene rings is 1. The maximum Gasteiger partial charge on any atom is 0.138 e. The van der Waals surface area contributed by atoms with Gasteiger partial charge in [-0.2, -0.15) is 16.4 Å². The highest BCUT2D eigenvalue weighted by Gasteiger charge is 2.15. The van der Waals surface area contributed by atoms with Crippen molar-refractivity contribution in [3.63, 3.8) is 0 Å². The molecular formula is C25H21N7S. The highest BCUT2D eigenvalue weighted by Crippen LogP contribution is 2.34. The Morgan fingerprint density at radius 1 is 0.970 bits per heavy atom. The summed E-state index contributed by atoms with van der Waals surface area (Å²) in [5, 5.41) is 17.4. The van der Waals surface area contributed by atoms with Crippen LogP contribution in [0, 0.1) is 0 Å². The smallest absolute Gasteiger partial charge is 0.138 e. The third kappa shape index (κ3) is 3.54. The number of nitrogens with one attached hydrogen (secondary N) is 3. The first-order valence-corrected chi connectivity index (χ1v) is 11.7. The Labute approximate surface area is 194 Å². The number of hydrogen-bond acceptors (Lipinski definition) is 6. The van der Waals surface area contributed by atoms with Gasteiger partial charge >= 0.3 is 0 Å². The molecule has 0 aromatic carbocycles. The van der Waals surface area contributed by atoms with Crippen LogP contribution in [0.25, 0.3) is 55.7 Å². The van der Waals surface area contributed by atoms with Gasteiger partial charge in [-0.05, 0) is 66.1 Å². The van der Waals surface area contributed by atoms with Gasteiger partial charge in [0.1, 0.15) is 11.3 Å². The van der Waals surface area contributed by atoms with Crippen molar-refractivity contribution in [1.29, 1.82) is 0 Å². The summed E-state index contributed by atoms with van der Waals surface area (Å²) in [6.45, 7) is 4.21. The molecule has 0 aliphatic rings. The Kier molecular flexibility index (Phi) is 4.66. The van der Waals surface area contributed by atoms with E-state index in [0.29, 0.717) is 6.04 Å². The van der Waals surface area contributed by atoms with Gasteiger partial charge in [0.05, 0.1) is 28.8 Å². The van der Waals surface area contributed by atoms with Crippen LogP contribution in [-0.4, -0.2) is 36.2 Å². The fraction of sp³-hybridized carbons (Fsp3) is 0.120. The minimum atomic E-state index is 0.326. The maximum atomic E-state index is 4.63. The number of fused-ring (bicyclic) bond motifs is 2. The lowest BCUT2D eigenvalue weighted by atomic mass is 10.1. The first-order valence-electron chi connectivity index (χ1n) is 10.7. The summed E-state index contributed by atoms with van der Waals surface area (Å²) in [5.41, 5.74) is 8.60. The van der Waals surface area contributed by atoms with E-state index < -0.39 is 0 Å². The molecule has 7 nitrogen and oxygen atoms in total. The van der Waals surface area contributed by atoms with Gasteiger partial charge in [-0.25, -0.2) is 4.98 Å². The third-order valence-corrected chi connectivity index (χ3v) is 6.24. The molecule has 6 rings (SSSR count). The fourth-order valence-corrected chi connectivity index (χ4v) is 4.75. The lowest BCUT2D eigenvalue weighted by Gasteiger charge is -2.10. The first kappa shape index (κ1) is 19.6. The number of H-pyrrole nitrogens is 2. The number of aromatic amines is 2. The molecule has 0 aliphatic carbocycles. The van der Waals surface area contributed by atoms with Gasteiger partial charge in [0.25, 0.3) is 0 Å². The summed E-state index contributed by atoms with van der Waals surface area (Å²) < 4.78 is 0. The topological polar surface area (TPSA) is 95.2 Å². The van der Waals surface area contributed by atoms with Crippen LogP contribution in [0.1, 0.15) is 13.8 Å². The number of pyridine rings is 3. The Balaban J connectivity index is 1.45. The Hall–Kier alpha value is -4.04. The second-order valence-electron chi connectivity index (χ2n) is 8.26. The average molecular weight is 452 g/mol. The maximum absolute atomic E-state index is 4.63. The molecular weight excluding hydrogens is 430 g/mol. The van der Waals surface area contributed by atoms with Gasteiger partial charge < -0.3 is 10.3 Å². The molecule has 3 N–H and O–H groups in total. The zero-order valence-electron chi connectivity index (χ0n) is 18.1. The van der Waals surface area contributed by atoms with Crippen LogP contribution >= 0.6 is 11.3 Å². The summed E-state index contributed by atoms with van der Waals surface area (Å²) in [5.74, 6) is 0. The Morgan fingerprint density at radius 3 is 2.76 bits per heavy atom. The van der Waals surface area contributed by atoms with E-state index in [1.165, 1.54) is 5.56 Å². The van der Waals surface area contributed by atoms with E-state index in [4.69, 9.17) is 0 Å². The number of nitrogens with zero attached hydrogens (tertiary/aromatic N) is 4. The largest absolute Gasteiger partial charge is 0.382 e. The van der Waals surface area contributed by atoms with Gasteiger partial charge in [0.2, 0.25) is 0 Å². The molecule has 0 unspecified atom stereocenters. The van der Waals surface area contributed by atoms with Crippen LogP contribution in [0.5, 0.6) is 0 Å². The van der Waals surface area contributed by atoms with Crippen LogP contribution in [0.2, 0.25) is 0 Å². The van der Waals surface area contributed by atoms with Crippen LogP contribution < -0.4 is 5.32 Å². The van der Waals surface area contributed by atoms with Gasteiger partial charge in [-0.3, -0.25) is 15.1 Å². The second kappa shape index (κ2) is 7.83. The zero-order chi connectivity index (χ0) is 22.4. The van der Waals surface area contributed by atoms with E-state index in [-0.39, 0.29) is 0 Å². The average Bonchev–Trinajstić information content (AvgIpc) is 3.57. The van der Waals surface area contributed by atoms with Crippen LogP contribution in [0.4, 0.5) is 5.69 Å². The third-order valence-electron chi connectivity index (χ3n) is 5.56. The van der Waals surface area contributed by atoms with Crippen molar-refractivity contribution in [3.8, 4) is 33.8 Å². The standard InChI is InChI=1S/C25H21N7S/c1-14(2)29-17-7-16(10-26-11-17)21-9-20-23(12-28-21)31-32-24(20)22-8-19-18(15-4-6-33-13-15)3-5-27-25(19)30-22/h3-14,29H,1-2H3,(H,27,30)(H,31,32). The quantitative estimate of drug-likeness (QED) is 0.294. The molecule has 6 aromatic rings. The summed E-state index contributed by atoms with van der Waals surface area (Å²) >= 11 is 1.69. The minimum Gasteiger partial charge on any atom is -0.382 e. The Morgan fingerprint density at radius 2 is 1.91 bits per heavy atom. The van der Waals surface area contributed by atoms with Gasteiger partial charge in [-0.15, -0.1) is 0 Å². The lowest BCUT2D eigenvalue weighted by Crippen LogP contribution is -2.09. The van der Waals surface area contributed by atoms with Crippen LogP contribution in [0.15, 0.2) is 65.9 Å². The van der Waals surface area contributed by atoms with Crippen molar-refractivity contribution in [2.75, 3.05) is 5.32 Å². The highest BCUT2D eigenvalue weighted by atomic mass is 32.1. The molecule has 0 atom stereocenters. The monoisotopic (exact) mass is 451 g/mol. The second-order valence-corrected chi connectivity index (χ2v) is 9.04. The summed E-state index contributed by atoms with van der Waals surface area (Å²) in [4.78, 5) is 17.0. The number of rotatable bonds is 5. The number of hydrogen-bond donors (Lipinski definition) is 3. The molecule has 0 fully saturated rings. The Bertz CT molecular complexity index is 1580. The summed E-state index contributed by atoms with van der Waals surface area (Å²) in [6.07, 6.45) is 7.32. The SMILES string of the molecule is CC(C)Nc1cncc(-c2cc3c(-c4cc5c(-c6ccsc6)ccnc5[nH]4)n[nH]c3cn2)c1. The van der Waals surface area contributed by atoms with Crippen molar-refractivity contribution in [2.24, 2.45) is 0 Å². The van der Waals surface area contributed by atoms with Crippen molar-refractivity contribution >= 4 is 39.0 Å². The predicted octanol–water partition coefficient (Wildman–Crippen LogP) is 6.11. The highest BCUT2D eigenvalue weighted by molar-refractivity contribution is 7.08. The molecule has 0 saturated heterocycles. The fourth-order valence-electron chi connectivity index (χ4n) is 4.10. The van der Waals surface area contributed by atoms with Crippen LogP contribution in [-0.2, 0) is 0 Å². The van der Waals surface area contributed by atoms with Crippen molar-refractivity contribution in [1.82, 2.24) is 30.1 Å². The van der Waals surface area contributed by atoms with E-state index in [1.807, 2.05) is 24.8 Å². The molecule has 0 aliphatic heterocycles. The molecule has 33 heavy (non-hydrogen) atoms. The van der Waals surface area contributed by atoms with E-state index in [0.717, 1.165) is 55.8 Å². The molecule has 162 valence electrons. The molecule has 0 amide bonds. The molecule has 0 bridgehead atoms. The molecule has 0 radical (unpaired) electrons. The summed E-state index contributed by atoms with van der Waals surface area (Å²) in [7, 11) is 0. The van der Waals surface area contributed by atoms with E-state index in [2.05, 4.69) is 90.4 Å². The van der Waals surface area contributed by atoms with Gasteiger partial charge in [0, 0.05) is 41.0 Å². The lowest BCUT2D eigenvalue weighted by molar-refractivity contribution is 0.898. The summed E-state index contributed by atoms with van der Waals surface area (Å²) in [6, 6.07) is 10.8. The van der Waals surface area contributed by atoms with Gasteiger partial charge in [0.15, 0.2) is 0 Å². The zero-order valence-corrected chi connectivity index (χ0v) is 18.9. The van der Waals surface area contributed by atoms with E-state index in [1.54, 1.807) is 11.3 Å². The minimum absolute atomic E-state index is 0.326. The number of aromatic nitrogens is 6. The van der Waals surface area contributed by atoms with Gasteiger partial charge in [-0.1, -0.05) is 0 Å². The normalized spacial score (nSPS) is 11.6. The first-order chi connectivity index (χ1) is 16.2. The molecule has 6 aromatic heterocycles. The predicted molar refractivity (Wildman–Crippen MR) is 134 cm³/mol. The molecule has 6 heterocycles. The molecule has 8 heteroatoms. The van der Waals surface area contributed by atoms with E-state index >= 15 is 0 Å². The van der Waals surface area contributed by atoms with Crippen molar-refractivity contribution < 1.29 is 0 Å². The molecule has 0 spiro atoms. The van der Waals surface area contributed by atoms with Crippen LogP contribution in [0.3, 0.4) is 0 Å². The molecule has 0 saturated carbocycles. The van der Waals surface area contributed by atoms with E-state index in [9.17, 15) is 0 Å². The van der Waals surface area contributed by atoms with Crippen molar-refractivity contribution in [3.05, 3.63) is 65.9 Å².